The predicted molar refractivity (Wildman–Crippen MR) is 58.2 cm³/mol. The zero-order chi connectivity index (χ0) is 8.72. The maximum absolute atomic E-state index is 5.73. The molecule has 62 valence electrons. The van der Waals surface area contributed by atoms with Gasteiger partial charge in [0.15, 0.2) is 0 Å². The molecule has 12 heavy (non-hydrogen) atoms. The fourth-order valence-corrected chi connectivity index (χ4v) is 2.59. The number of benzene rings is 1. The Kier molecular flexibility index (Phi) is 1.77. The number of rotatable bonds is 0. The second-order valence-electron chi connectivity index (χ2n) is 2.80. The molecule has 0 amide bonds. The Labute approximate surface area is 80.6 Å². The van der Waals surface area contributed by atoms with Crippen molar-refractivity contribution in [2.75, 3.05) is 5.73 Å². The van der Waals surface area contributed by atoms with Crippen molar-refractivity contribution in [1.29, 1.82) is 0 Å². The molecule has 0 aliphatic heterocycles. The molecule has 0 saturated carbocycles. The van der Waals surface area contributed by atoms with Gasteiger partial charge in [0.2, 0.25) is 0 Å². The van der Waals surface area contributed by atoms with Crippen molar-refractivity contribution in [3.05, 3.63) is 23.1 Å². The van der Waals surface area contributed by atoms with Crippen molar-refractivity contribution in [2.24, 2.45) is 0 Å². The third-order valence-electron chi connectivity index (χ3n) is 1.94. The molecule has 0 aliphatic carbocycles. The first-order chi connectivity index (χ1) is 5.70. The normalized spacial score (nSPS) is 10.8. The number of aryl methyl sites for hydroxylation is 1. The highest BCUT2D eigenvalue weighted by molar-refractivity contribution is 7.81. The second-order valence-corrected chi connectivity index (χ2v) is 4.13. The molecule has 0 aliphatic rings. The fourth-order valence-electron chi connectivity index (χ4n) is 1.23. The SMILES string of the molecule is Cc1csc2c(S)c(N)ccc12. The van der Waals surface area contributed by atoms with Crippen molar-refractivity contribution in [3.8, 4) is 0 Å². The second kappa shape index (κ2) is 2.68. The maximum Gasteiger partial charge on any atom is 0.0499 e. The Morgan fingerprint density at radius 1 is 1.42 bits per heavy atom. The van der Waals surface area contributed by atoms with Crippen LogP contribution in [0.15, 0.2) is 22.4 Å². The van der Waals surface area contributed by atoms with E-state index in [0.29, 0.717) is 0 Å². The topological polar surface area (TPSA) is 26.0 Å². The molecule has 1 heterocycles. The van der Waals surface area contributed by atoms with Crippen molar-refractivity contribution in [3.63, 3.8) is 0 Å². The average Bonchev–Trinajstić information content (AvgIpc) is 2.41. The highest BCUT2D eigenvalue weighted by Crippen LogP contribution is 2.33. The van der Waals surface area contributed by atoms with Gasteiger partial charge >= 0.3 is 0 Å². The van der Waals surface area contributed by atoms with Crippen molar-refractivity contribution in [1.82, 2.24) is 0 Å². The lowest BCUT2D eigenvalue weighted by Crippen LogP contribution is -1.85. The molecular weight excluding hydrogens is 186 g/mol. The molecule has 0 fully saturated rings. The Morgan fingerprint density at radius 3 is 2.92 bits per heavy atom. The molecule has 0 unspecified atom stereocenters. The first-order valence-corrected chi connectivity index (χ1v) is 4.98. The van der Waals surface area contributed by atoms with Crippen molar-refractivity contribution >= 4 is 39.7 Å². The van der Waals surface area contributed by atoms with E-state index in [1.165, 1.54) is 15.6 Å². The monoisotopic (exact) mass is 195 g/mol. The highest BCUT2D eigenvalue weighted by Gasteiger charge is 2.04. The average molecular weight is 195 g/mol. The molecule has 0 bridgehead atoms. The van der Waals surface area contributed by atoms with Gasteiger partial charge in [-0.25, -0.2) is 0 Å². The van der Waals surface area contributed by atoms with E-state index >= 15 is 0 Å². The van der Waals surface area contributed by atoms with Crippen LogP contribution in [0.25, 0.3) is 10.1 Å². The van der Waals surface area contributed by atoms with Crippen LogP contribution in [0.5, 0.6) is 0 Å². The number of hydrogen-bond acceptors (Lipinski definition) is 3. The molecule has 1 aromatic carbocycles. The summed E-state index contributed by atoms with van der Waals surface area (Å²) < 4.78 is 1.19. The molecule has 2 rings (SSSR count). The standard InChI is InChI=1S/C9H9NS2/c1-5-4-12-9-6(5)2-3-7(10)8(9)11/h2-4,11H,10H2,1H3. The quantitative estimate of drug-likeness (QED) is 0.490. The molecule has 0 radical (unpaired) electrons. The van der Waals surface area contributed by atoms with Gasteiger partial charge in [0.05, 0.1) is 0 Å². The van der Waals surface area contributed by atoms with E-state index in [1.807, 2.05) is 6.07 Å². The lowest BCUT2D eigenvalue weighted by molar-refractivity contribution is 1.55. The van der Waals surface area contributed by atoms with Gasteiger partial charge in [-0.3, -0.25) is 0 Å². The van der Waals surface area contributed by atoms with Crippen LogP contribution in [-0.4, -0.2) is 0 Å². The van der Waals surface area contributed by atoms with E-state index in [9.17, 15) is 0 Å². The van der Waals surface area contributed by atoms with Gasteiger partial charge in [-0.2, -0.15) is 0 Å². The molecule has 2 N–H and O–H groups in total. The van der Waals surface area contributed by atoms with E-state index < -0.39 is 0 Å². The minimum atomic E-state index is 0.757. The summed E-state index contributed by atoms with van der Waals surface area (Å²) in [4.78, 5) is 0.908. The zero-order valence-electron chi connectivity index (χ0n) is 6.66. The molecule has 1 nitrogen and oxygen atoms in total. The lowest BCUT2D eigenvalue weighted by atomic mass is 10.2. The van der Waals surface area contributed by atoms with Gasteiger partial charge in [0, 0.05) is 15.3 Å². The summed E-state index contributed by atoms with van der Waals surface area (Å²) in [5.41, 5.74) is 7.78. The molecule has 3 heteroatoms. The van der Waals surface area contributed by atoms with Gasteiger partial charge in [-0.15, -0.1) is 24.0 Å². The van der Waals surface area contributed by atoms with Crippen molar-refractivity contribution < 1.29 is 0 Å². The molecule has 0 saturated heterocycles. The lowest BCUT2D eigenvalue weighted by Gasteiger charge is -1.99. The van der Waals surface area contributed by atoms with Crippen LogP contribution in [0.3, 0.4) is 0 Å². The van der Waals surface area contributed by atoms with Gasteiger partial charge < -0.3 is 5.73 Å². The van der Waals surface area contributed by atoms with Gasteiger partial charge in [-0.1, -0.05) is 6.07 Å². The van der Waals surface area contributed by atoms with Gasteiger partial charge in [0.1, 0.15) is 0 Å². The van der Waals surface area contributed by atoms with E-state index in [-0.39, 0.29) is 0 Å². The smallest absolute Gasteiger partial charge is 0.0499 e. The third kappa shape index (κ3) is 1.01. The number of nitrogens with two attached hydrogens (primary N) is 1. The number of fused-ring (bicyclic) bond motifs is 1. The third-order valence-corrected chi connectivity index (χ3v) is 3.71. The molecule has 0 spiro atoms. The first-order valence-electron chi connectivity index (χ1n) is 3.65. The van der Waals surface area contributed by atoms with Crippen LogP contribution < -0.4 is 5.73 Å². The summed E-state index contributed by atoms with van der Waals surface area (Å²) in [6.45, 7) is 2.10. The van der Waals surface area contributed by atoms with Crippen molar-refractivity contribution in [2.45, 2.75) is 11.8 Å². The molecule has 2 aromatic rings. The molecular formula is C9H9NS2. The Bertz CT molecular complexity index is 431. The number of thiophene rings is 1. The van der Waals surface area contributed by atoms with E-state index in [2.05, 4.69) is 31.0 Å². The van der Waals surface area contributed by atoms with Crippen LogP contribution >= 0.6 is 24.0 Å². The van der Waals surface area contributed by atoms with Gasteiger partial charge in [-0.05, 0) is 29.3 Å². The Morgan fingerprint density at radius 2 is 2.17 bits per heavy atom. The predicted octanol–water partition coefficient (Wildman–Crippen LogP) is 3.08. The summed E-state index contributed by atoms with van der Waals surface area (Å²) in [7, 11) is 0. The Hall–Kier alpha value is -0.670. The first kappa shape index (κ1) is 7.95. The van der Waals surface area contributed by atoms with Crippen LogP contribution in [0.1, 0.15) is 5.56 Å². The fraction of sp³-hybridized carbons (Fsp3) is 0.111. The largest absolute Gasteiger partial charge is 0.398 e. The number of anilines is 1. The summed E-state index contributed by atoms with van der Waals surface area (Å²) in [6.07, 6.45) is 0. The minimum Gasteiger partial charge on any atom is -0.398 e. The summed E-state index contributed by atoms with van der Waals surface area (Å²) in [5, 5.41) is 3.39. The zero-order valence-corrected chi connectivity index (χ0v) is 8.38. The molecule has 0 atom stereocenters. The van der Waals surface area contributed by atoms with Gasteiger partial charge in [0.25, 0.3) is 0 Å². The Balaban J connectivity index is 2.93. The van der Waals surface area contributed by atoms with Crippen LogP contribution in [0.4, 0.5) is 5.69 Å². The number of thiol groups is 1. The van der Waals surface area contributed by atoms with Crippen LogP contribution in [0, 0.1) is 6.92 Å². The number of hydrogen-bond donors (Lipinski definition) is 2. The van der Waals surface area contributed by atoms with E-state index in [0.717, 1.165) is 10.6 Å². The van der Waals surface area contributed by atoms with E-state index in [4.69, 9.17) is 5.73 Å². The summed E-state index contributed by atoms with van der Waals surface area (Å²) >= 11 is 6.06. The van der Waals surface area contributed by atoms with E-state index in [1.54, 1.807) is 11.3 Å². The maximum atomic E-state index is 5.73. The summed E-state index contributed by atoms with van der Waals surface area (Å²) in [6, 6.07) is 3.96. The number of nitrogen functional groups attached to an aromatic ring is 1. The highest BCUT2D eigenvalue weighted by atomic mass is 32.1. The minimum absolute atomic E-state index is 0.757. The van der Waals surface area contributed by atoms with Crippen LogP contribution in [-0.2, 0) is 0 Å². The van der Waals surface area contributed by atoms with Crippen LogP contribution in [0.2, 0.25) is 0 Å². The molecule has 1 aromatic heterocycles. The summed E-state index contributed by atoms with van der Waals surface area (Å²) in [5.74, 6) is 0.